The highest BCUT2D eigenvalue weighted by Crippen LogP contribution is 2.13. The molecular formula is C19H22N2O3. The minimum absolute atomic E-state index is 0.123. The predicted octanol–water partition coefficient (Wildman–Crippen LogP) is 3.33. The number of rotatable bonds is 7. The molecule has 5 nitrogen and oxygen atoms in total. The fourth-order valence-corrected chi connectivity index (χ4v) is 2.16. The summed E-state index contributed by atoms with van der Waals surface area (Å²) in [5.41, 5.74) is 2.10. The third-order valence-electron chi connectivity index (χ3n) is 3.42. The van der Waals surface area contributed by atoms with Gasteiger partial charge in [-0.15, -0.1) is 0 Å². The first-order chi connectivity index (χ1) is 11.6. The topological polar surface area (TPSA) is 58.6 Å². The Morgan fingerprint density at radius 3 is 2.33 bits per heavy atom. The number of carbonyl (C=O) groups excluding carboxylic acids is 2. The van der Waals surface area contributed by atoms with Crippen LogP contribution >= 0.6 is 0 Å². The van der Waals surface area contributed by atoms with Crippen molar-refractivity contribution < 1.29 is 14.3 Å². The molecule has 126 valence electrons. The van der Waals surface area contributed by atoms with Gasteiger partial charge in [0.15, 0.2) is 0 Å². The Hall–Kier alpha value is -2.82. The zero-order chi connectivity index (χ0) is 17.4. The first-order valence-electron chi connectivity index (χ1n) is 7.93. The first kappa shape index (κ1) is 17.5. The Morgan fingerprint density at radius 2 is 1.71 bits per heavy atom. The zero-order valence-electron chi connectivity index (χ0n) is 14.0. The Morgan fingerprint density at radius 1 is 1.04 bits per heavy atom. The van der Waals surface area contributed by atoms with Gasteiger partial charge in [0, 0.05) is 18.4 Å². The van der Waals surface area contributed by atoms with E-state index in [9.17, 15) is 9.59 Å². The van der Waals surface area contributed by atoms with E-state index < -0.39 is 0 Å². The van der Waals surface area contributed by atoms with Gasteiger partial charge in [-0.25, -0.2) is 4.79 Å². The molecule has 0 unspecified atom stereocenters. The third kappa shape index (κ3) is 5.12. The summed E-state index contributed by atoms with van der Waals surface area (Å²) < 4.78 is 5.07. The number of para-hydroxylation sites is 1. The normalized spacial score (nSPS) is 10.1. The lowest BCUT2D eigenvalue weighted by molar-refractivity contribution is -0.114. The van der Waals surface area contributed by atoms with Gasteiger partial charge in [0.1, 0.15) is 0 Å². The van der Waals surface area contributed by atoms with Gasteiger partial charge in [-0.2, -0.15) is 0 Å². The lowest BCUT2D eigenvalue weighted by Crippen LogP contribution is -2.29. The highest BCUT2D eigenvalue weighted by atomic mass is 16.5. The second-order valence-electron chi connectivity index (χ2n) is 5.45. The van der Waals surface area contributed by atoms with Crippen LogP contribution in [0, 0.1) is 0 Å². The van der Waals surface area contributed by atoms with Crippen molar-refractivity contribution in [3.63, 3.8) is 0 Å². The van der Waals surface area contributed by atoms with E-state index in [1.165, 1.54) is 0 Å². The van der Waals surface area contributed by atoms with Crippen LogP contribution in [0.1, 0.15) is 23.7 Å². The number of nitrogens with zero attached hydrogens (tertiary/aromatic N) is 1. The Bertz CT molecular complexity index is 669. The molecule has 2 rings (SSSR count). The largest absolute Gasteiger partial charge is 0.462 e. The predicted molar refractivity (Wildman–Crippen MR) is 95.4 cm³/mol. The maximum absolute atomic E-state index is 12.1. The molecule has 0 saturated heterocycles. The second-order valence-corrected chi connectivity index (χ2v) is 5.45. The van der Waals surface area contributed by atoms with Crippen molar-refractivity contribution in [3.8, 4) is 0 Å². The van der Waals surface area contributed by atoms with Crippen LogP contribution in [0.25, 0.3) is 0 Å². The number of anilines is 2. The smallest absolute Gasteiger partial charge is 0.338 e. The van der Waals surface area contributed by atoms with Crippen molar-refractivity contribution >= 4 is 23.3 Å². The molecule has 0 atom stereocenters. The molecule has 0 aliphatic heterocycles. The first-order valence-corrected chi connectivity index (χ1v) is 7.93. The van der Waals surface area contributed by atoms with Crippen LogP contribution in [0.5, 0.6) is 0 Å². The number of hydrogen-bond acceptors (Lipinski definition) is 4. The van der Waals surface area contributed by atoms with Crippen molar-refractivity contribution in [2.24, 2.45) is 0 Å². The van der Waals surface area contributed by atoms with E-state index in [1.807, 2.05) is 49.2 Å². The Labute approximate surface area is 142 Å². The SMILES string of the molecule is CCCOC(=O)c1ccc(NC(=O)CN(C)c2ccccc2)cc1. The molecule has 0 heterocycles. The average Bonchev–Trinajstić information content (AvgIpc) is 2.61. The monoisotopic (exact) mass is 326 g/mol. The van der Waals surface area contributed by atoms with Crippen LogP contribution in [0.2, 0.25) is 0 Å². The number of nitrogens with one attached hydrogen (secondary N) is 1. The van der Waals surface area contributed by atoms with Crippen LogP contribution in [0.4, 0.5) is 11.4 Å². The van der Waals surface area contributed by atoms with Gasteiger partial charge < -0.3 is 15.0 Å². The van der Waals surface area contributed by atoms with Gasteiger partial charge in [-0.05, 0) is 42.8 Å². The summed E-state index contributed by atoms with van der Waals surface area (Å²) in [6.45, 7) is 2.59. The number of esters is 1. The molecule has 2 aromatic rings. The highest BCUT2D eigenvalue weighted by Gasteiger charge is 2.09. The number of ether oxygens (including phenoxy) is 1. The van der Waals surface area contributed by atoms with E-state index in [-0.39, 0.29) is 18.4 Å². The molecular weight excluding hydrogens is 304 g/mol. The fraction of sp³-hybridized carbons (Fsp3) is 0.263. The third-order valence-corrected chi connectivity index (χ3v) is 3.42. The summed E-state index contributed by atoms with van der Waals surface area (Å²) in [4.78, 5) is 25.7. The van der Waals surface area contributed by atoms with Gasteiger partial charge in [0.05, 0.1) is 18.7 Å². The summed E-state index contributed by atoms with van der Waals surface area (Å²) in [7, 11) is 1.86. The quantitative estimate of drug-likeness (QED) is 0.793. The molecule has 2 aromatic carbocycles. The summed E-state index contributed by atoms with van der Waals surface area (Å²) in [5, 5.41) is 2.82. The molecule has 24 heavy (non-hydrogen) atoms. The summed E-state index contributed by atoms with van der Waals surface area (Å²) in [6, 6.07) is 16.4. The summed E-state index contributed by atoms with van der Waals surface area (Å²) in [5.74, 6) is -0.471. The van der Waals surface area contributed by atoms with Crippen LogP contribution < -0.4 is 10.2 Å². The van der Waals surface area contributed by atoms with Crippen molar-refractivity contribution in [3.05, 3.63) is 60.2 Å². The maximum atomic E-state index is 12.1. The van der Waals surface area contributed by atoms with Crippen LogP contribution in [0.3, 0.4) is 0 Å². The van der Waals surface area contributed by atoms with Crippen molar-refractivity contribution in [1.82, 2.24) is 0 Å². The van der Waals surface area contributed by atoms with E-state index in [4.69, 9.17) is 4.74 Å². The van der Waals surface area contributed by atoms with Gasteiger partial charge in [-0.3, -0.25) is 4.79 Å². The molecule has 0 bridgehead atoms. The molecule has 0 aromatic heterocycles. The van der Waals surface area contributed by atoms with Crippen molar-refractivity contribution in [2.75, 3.05) is 30.4 Å². The molecule has 0 fully saturated rings. The highest BCUT2D eigenvalue weighted by molar-refractivity contribution is 5.95. The van der Waals surface area contributed by atoms with Crippen LogP contribution in [-0.4, -0.2) is 32.1 Å². The maximum Gasteiger partial charge on any atom is 0.338 e. The minimum atomic E-state index is -0.349. The number of benzene rings is 2. The molecule has 5 heteroatoms. The molecule has 1 N–H and O–H groups in total. The van der Waals surface area contributed by atoms with Gasteiger partial charge in [0.25, 0.3) is 0 Å². The fourth-order valence-electron chi connectivity index (χ4n) is 2.16. The second kappa shape index (κ2) is 8.72. The lowest BCUT2D eigenvalue weighted by atomic mass is 10.2. The Kier molecular flexibility index (Phi) is 6.37. The number of amides is 1. The number of hydrogen-bond donors (Lipinski definition) is 1. The summed E-state index contributed by atoms with van der Waals surface area (Å²) >= 11 is 0. The van der Waals surface area contributed by atoms with Crippen molar-refractivity contribution in [2.45, 2.75) is 13.3 Å². The summed E-state index contributed by atoms with van der Waals surface area (Å²) in [6.07, 6.45) is 0.787. The lowest BCUT2D eigenvalue weighted by Gasteiger charge is -2.18. The van der Waals surface area contributed by atoms with Gasteiger partial charge >= 0.3 is 5.97 Å². The molecule has 1 amide bonds. The molecule has 0 saturated carbocycles. The van der Waals surface area contributed by atoms with Gasteiger partial charge in [0.2, 0.25) is 5.91 Å². The van der Waals surface area contributed by atoms with E-state index in [0.29, 0.717) is 17.9 Å². The minimum Gasteiger partial charge on any atom is -0.462 e. The number of likely N-dealkylation sites (N-methyl/N-ethyl adjacent to an activating group) is 1. The molecule has 0 spiro atoms. The van der Waals surface area contributed by atoms with E-state index in [0.717, 1.165) is 12.1 Å². The van der Waals surface area contributed by atoms with Crippen molar-refractivity contribution in [1.29, 1.82) is 0 Å². The van der Waals surface area contributed by atoms with Gasteiger partial charge in [-0.1, -0.05) is 25.1 Å². The van der Waals surface area contributed by atoms with E-state index in [1.54, 1.807) is 24.3 Å². The van der Waals surface area contributed by atoms with Crippen LogP contribution in [0.15, 0.2) is 54.6 Å². The average molecular weight is 326 g/mol. The molecule has 0 radical (unpaired) electrons. The molecule has 0 aliphatic rings. The number of carbonyl (C=O) groups is 2. The standard InChI is InChI=1S/C19H22N2O3/c1-3-13-24-19(23)15-9-11-16(12-10-15)20-18(22)14-21(2)17-7-5-4-6-8-17/h4-12H,3,13-14H2,1-2H3,(H,20,22). The molecule has 0 aliphatic carbocycles. The zero-order valence-corrected chi connectivity index (χ0v) is 14.0. The van der Waals surface area contributed by atoms with E-state index in [2.05, 4.69) is 5.32 Å². The van der Waals surface area contributed by atoms with E-state index >= 15 is 0 Å². The Balaban J connectivity index is 1.89. The van der Waals surface area contributed by atoms with Crippen LogP contribution in [-0.2, 0) is 9.53 Å².